The topological polar surface area (TPSA) is 17.1 Å². The maximum Gasteiger partial charge on any atom is 0.172 e. The van der Waals surface area contributed by atoms with E-state index in [2.05, 4.69) is 109 Å². The van der Waals surface area contributed by atoms with Gasteiger partial charge in [-0.05, 0) is 91.0 Å². The molecule has 0 N–H and O–H groups in total. The van der Waals surface area contributed by atoms with Gasteiger partial charge in [0.2, 0.25) is 0 Å². The summed E-state index contributed by atoms with van der Waals surface area (Å²) in [5.74, 6) is 0. The van der Waals surface area contributed by atoms with Crippen LogP contribution in [0.1, 0.15) is 0 Å². The highest BCUT2D eigenvalue weighted by Crippen LogP contribution is 2.53. The molecule has 0 saturated heterocycles. The third-order valence-corrected chi connectivity index (χ3v) is 11.1. The Morgan fingerprint density at radius 2 is 0.658 bits per heavy atom. The SMILES string of the molecule is O=P1(c2ccccc2)c2cc3ccccc3cc2-c2cc3ccccc3cc2-c2cc3ccccc3cc21. The van der Waals surface area contributed by atoms with E-state index in [9.17, 15) is 0 Å². The second kappa shape index (κ2) is 8.02. The van der Waals surface area contributed by atoms with Gasteiger partial charge in [0.25, 0.3) is 0 Å². The second-order valence-corrected chi connectivity index (χ2v) is 12.8. The molecule has 0 aliphatic carbocycles. The molecule has 0 spiro atoms. The summed E-state index contributed by atoms with van der Waals surface area (Å²) in [6.45, 7) is 0. The van der Waals surface area contributed by atoms with E-state index in [1.165, 1.54) is 10.8 Å². The number of fused-ring (bicyclic) bond motifs is 8. The Morgan fingerprint density at radius 3 is 1.05 bits per heavy atom. The predicted molar refractivity (Wildman–Crippen MR) is 163 cm³/mol. The van der Waals surface area contributed by atoms with Crippen molar-refractivity contribution in [2.45, 2.75) is 0 Å². The monoisotopic (exact) mass is 502 g/mol. The van der Waals surface area contributed by atoms with Crippen molar-refractivity contribution in [3.8, 4) is 22.3 Å². The zero-order valence-electron chi connectivity index (χ0n) is 20.6. The van der Waals surface area contributed by atoms with Crippen LogP contribution in [0.15, 0.2) is 140 Å². The van der Waals surface area contributed by atoms with E-state index >= 15 is 4.57 Å². The number of rotatable bonds is 1. The van der Waals surface area contributed by atoms with E-state index in [0.29, 0.717) is 0 Å². The molecule has 0 unspecified atom stereocenters. The van der Waals surface area contributed by atoms with Gasteiger partial charge >= 0.3 is 0 Å². The smallest absolute Gasteiger partial charge is 0.172 e. The molecule has 7 aromatic rings. The molecule has 1 aliphatic rings. The van der Waals surface area contributed by atoms with Crippen LogP contribution in [0.3, 0.4) is 0 Å². The Kier molecular flexibility index (Phi) is 4.56. The predicted octanol–water partition coefficient (Wildman–Crippen LogP) is 8.43. The van der Waals surface area contributed by atoms with Crippen molar-refractivity contribution >= 4 is 55.4 Å². The lowest BCUT2D eigenvalue weighted by Crippen LogP contribution is -2.26. The van der Waals surface area contributed by atoms with Crippen LogP contribution in [-0.4, -0.2) is 0 Å². The first-order valence-corrected chi connectivity index (χ1v) is 14.7. The summed E-state index contributed by atoms with van der Waals surface area (Å²) in [6.07, 6.45) is 0. The zero-order valence-corrected chi connectivity index (χ0v) is 21.5. The van der Waals surface area contributed by atoms with Gasteiger partial charge in [0, 0.05) is 15.9 Å². The quantitative estimate of drug-likeness (QED) is 0.206. The highest BCUT2D eigenvalue weighted by Gasteiger charge is 2.38. The molecule has 0 radical (unpaired) electrons. The summed E-state index contributed by atoms with van der Waals surface area (Å²) >= 11 is 0. The van der Waals surface area contributed by atoms with Crippen molar-refractivity contribution in [2.75, 3.05) is 0 Å². The fourth-order valence-electron chi connectivity index (χ4n) is 6.14. The minimum absolute atomic E-state index is 0.866. The van der Waals surface area contributed by atoms with Gasteiger partial charge in [0.1, 0.15) is 0 Å². The maximum atomic E-state index is 15.9. The molecule has 7 aromatic carbocycles. The second-order valence-electron chi connectivity index (χ2n) is 10.1. The van der Waals surface area contributed by atoms with Gasteiger partial charge < -0.3 is 4.57 Å². The van der Waals surface area contributed by atoms with Gasteiger partial charge in [0.15, 0.2) is 7.14 Å². The van der Waals surface area contributed by atoms with Crippen molar-refractivity contribution < 1.29 is 4.57 Å². The third-order valence-electron chi connectivity index (χ3n) is 7.99. The van der Waals surface area contributed by atoms with E-state index in [1.807, 2.05) is 30.3 Å². The lowest BCUT2D eigenvalue weighted by Gasteiger charge is -2.23. The van der Waals surface area contributed by atoms with Crippen LogP contribution in [0, 0.1) is 0 Å². The van der Waals surface area contributed by atoms with Crippen LogP contribution in [0.2, 0.25) is 0 Å². The molecule has 8 rings (SSSR count). The molecule has 0 atom stereocenters. The van der Waals surface area contributed by atoms with E-state index in [4.69, 9.17) is 0 Å². The Balaban J connectivity index is 1.64. The Labute approximate surface area is 221 Å². The van der Waals surface area contributed by atoms with Crippen molar-refractivity contribution in [2.24, 2.45) is 0 Å². The molecule has 0 amide bonds. The largest absolute Gasteiger partial charge is 0.309 e. The van der Waals surface area contributed by atoms with E-state index in [1.54, 1.807) is 0 Å². The van der Waals surface area contributed by atoms with Crippen LogP contribution in [0.25, 0.3) is 54.6 Å². The Bertz CT molecular complexity index is 1980. The van der Waals surface area contributed by atoms with E-state index < -0.39 is 7.14 Å². The highest BCUT2D eigenvalue weighted by molar-refractivity contribution is 7.85. The summed E-state index contributed by atoms with van der Waals surface area (Å²) in [6, 6.07) is 48.8. The fraction of sp³-hybridized carbons (Fsp3) is 0. The Hall–Kier alpha value is -4.45. The van der Waals surface area contributed by atoms with E-state index in [-0.39, 0.29) is 0 Å². The fourth-order valence-corrected chi connectivity index (χ4v) is 9.24. The van der Waals surface area contributed by atoms with E-state index in [0.717, 1.165) is 59.7 Å². The lowest BCUT2D eigenvalue weighted by molar-refractivity contribution is 0.592. The van der Waals surface area contributed by atoms with Gasteiger partial charge in [-0.1, -0.05) is 103 Å². The summed E-state index contributed by atoms with van der Waals surface area (Å²) in [7, 11) is -3.25. The van der Waals surface area contributed by atoms with Crippen molar-refractivity contribution in [1.82, 2.24) is 0 Å². The average molecular weight is 503 g/mol. The standard InChI is InChI=1S/C36H23OP/c37-38(30-16-2-1-3-17-30)35-22-28-14-8-6-12-26(28)20-33(35)31-18-24-10-4-5-11-25(24)19-32(31)34-21-27-13-7-9-15-29(27)23-36(34)38/h1-23H. The minimum atomic E-state index is -3.25. The lowest BCUT2D eigenvalue weighted by atomic mass is 9.90. The normalized spacial score (nSPS) is 13.6. The summed E-state index contributed by atoms with van der Waals surface area (Å²) < 4.78 is 15.9. The molecule has 0 bridgehead atoms. The molecular weight excluding hydrogens is 479 g/mol. The van der Waals surface area contributed by atoms with Crippen molar-refractivity contribution in [3.05, 3.63) is 140 Å². The number of benzene rings is 7. The minimum Gasteiger partial charge on any atom is -0.309 e. The molecule has 1 aliphatic heterocycles. The van der Waals surface area contributed by atoms with Crippen LogP contribution in [0.5, 0.6) is 0 Å². The van der Waals surface area contributed by atoms with Gasteiger partial charge in [-0.25, -0.2) is 0 Å². The molecule has 0 saturated carbocycles. The van der Waals surface area contributed by atoms with Gasteiger partial charge in [-0.2, -0.15) is 0 Å². The first-order chi connectivity index (χ1) is 18.7. The third kappa shape index (κ3) is 3.03. The summed E-state index contributed by atoms with van der Waals surface area (Å²) in [5, 5.41) is 9.57. The number of hydrogen-bond acceptors (Lipinski definition) is 1. The average Bonchev–Trinajstić information content (AvgIpc) is 3.06. The molecule has 0 fully saturated rings. The van der Waals surface area contributed by atoms with Crippen LogP contribution < -0.4 is 15.9 Å². The molecule has 2 heteroatoms. The first-order valence-electron chi connectivity index (χ1n) is 13.0. The van der Waals surface area contributed by atoms with Crippen LogP contribution >= 0.6 is 7.14 Å². The molecule has 178 valence electrons. The molecule has 0 aromatic heterocycles. The highest BCUT2D eigenvalue weighted by atomic mass is 31.2. The van der Waals surface area contributed by atoms with Crippen LogP contribution in [-0.2, 0) is 4.57 Å². The van der Waals surface area contributed by atoms with Gasteiger partial charge in [-0.15, -0.1) is 0 Å². The summed E-state index contributed by atoms with van der Waals surface area (Å²) in [5.41, 5.74) is 4.37. The first kappa shape index (κ1) is 21.6. The number of hydrogen-bond donors (Lipinski definition) is 0. The summed E-state index contributed by atoms with van der Waals surface area (Å²) in [4.78, 5) is 0. The van der Waals surface area contributed by atoms with Crippen LogP contribution in [0.4, 0.5) is 0 Å². The molecule has 38 heavy (non-hydrogen) atoms. The zero-order chi connectivity index (χ0) is 25.3. The molecule has 1 nitrogen and oxygen atoms in total. The van der Waals surface area contributed by atoms with Gasteiger partial charge in [-0.3, -0.25) is 0 Å². The molecule has 1 heterocycles. The van der Waals surface area contributed by atoms with Crippen molar-refractivity contribution in [3.63, 3.8) is 0 Å². The Morgan fingerprint density at radius 1 is 0.342 bits per heavy atom. The maximum absolute atomic E-state index is 15.9. The molecular formula is C36H23OP. The van der Waals surface area contributed by atoms with Crippen molar-refractivity contribution in [1.29, 1.82) is 0 Å². The van der Waals surface area contributed by atoms with Gasteiger partial charge in [0.05, 0.1) is 0 Å².